The van der Waals surface area contributed by atoms with Gasteiger partial charge in [0.05, 0.1) is 0 Å². The first kappa shape index (κ1) is 12.9. The smallest absolute Gasteiger partial charge is 0.129 e. The summed E-state index contributed by atoms with van der Waals surface area (Å²) < 4.78 is 0. The molecule has 0 unspecified atom stereocenters. The Labute approximate surface area is 87.2 Å². The molecule has 0 aliphatic heterocycles. The quantitative estimate of drug-likeness (QED) is 0.655. The Bertz CT molecular complexity index is 270. The predicted molar refractivity (Wildman–Crippen MR) is 61.6 cm³/mol. The largest absolute Gasteiger partial charge is 0.302 e. The second kappa shape index (κ2) is 5.58. The molecule has 0 amide bonds. The van der Waals surface area contributed by atoms with Gasteiger partial charge in [-0.15, -0.1) is 0 Å². The lowest BCUT2D eigenvalue weighted by atomic mass is 9.86. The van der Waals surface area contributed by atoms with Crippen molar-refractivity contribution in [2.75, 3.05) is 0 Å². The third kappa shape index (κ3) is 3.33. The first-order chi connectivity index (χ1) is 6.56. The zero-order chi connectivity index (χ0) is 11.2. The summed E-state index contributed by atoms with van der Waals surface area (Å²) in [6, 6.07) is 8.06. The van der Waals surface area contributed by atoms with E-state index in [1.54, 1.807) is 0 Å². The normalized spacial score (nSPS) is 10.1. The molecule has 0 spiro atoms. The van der Waals surface area contributed by atoms with Gasteiger partial charge in [0.15, 0.2) is 0 Å². The Balaban J connectivity index is 0.000000791. The summed E-state index contributed by atoms with van der Waals surface area (Å²) in [6.45, 7) is 9.88. The van der Waals surface area contributed by atoms with Crippen LogP contribution in [0.1, 0.15) is 38.8 Å². The van der Waals surface area contributed by atoms with Gasteiger partial charge in [0.25, 0.3) is 0 Å². The van der Waals surface area contributed by atoms with Gasteiger partial charge in [-0.05, 0) is 26.3 Å². The molecule has 0 N–H and O–H groups in total. The molecule has 0 aliphatic rings. The fourth-order valence-electron chi connectivity index (χ4n) is 1.05. The summed E-state index contributed by atoms with van der Waals surface area (Å²) in [6.07, 6.45) is 0.984. The van der Waals surface area contributed by atoms with Gasteiger partial charge in [-0.1, -0.05) is 43.7 Å². The van der Waals surface area contributed by atoms with Crippen LogP contribution in [0.2, 0.25) is 0 Å². The van der Waals surface area contributed by atoms with Crippen molar-refractivity contribution in [2.45, 2.75) is 40.0 Å². The van der Waals surface area contributed by atoms with Crippen LogP contribution in [0.15, 0.2) is 24.3 Å². The Kier molecular flexibility index (Phi) is 5.14. The molecule has 0 atom stereocenters. The van der Waals surface area contributed by atoms with E-state index in [1.807, 2.05) is 58.9 Å². The molecule has 1 heteroatoms. The van der Waals surface area contributed by atoms with Crippen LogP contribution in [0.5, 0.6) is 0 Å². The SMILES string of the molecule is CC.Cc1ccc(C(C)(C)C=O)cc1. The number of rotatable bonds is 2. The number of carbonyl (C=O) groups is 1. The molecule has 0 bridgehead atoms. The summed E-state index contributed by atoms with van der Waals surface area (Å²) in [5.74, 6) is 0. The second-order valence-corrected chi connectivity index (χ2v) is 3.71. The van der Waals surface area contributed by atoms with Crippen molar-refractivity contribution >= 4 is 6.29 Å². The van der Waals surface area contributed by atoms with Gasteiger partial charge >= 0.3 is 0 Å². The lowest BCUT2D eigenvalue weighted by molar-refractivity contribution is -0.111. The van der Waals surface area contributed by atoms with Gasteiger partial charge in [-0.2, -0.15) is 0 Å². The summed E-state index contributed by atoms with van der Waals surface area (Å²) in [5, 5.41) is 0. The Morgan fingerprint density at radius 2 is 1.50 bits per heavy atom. The lowest BCUT2D eigenvalue weighted by Crippen LogP contribution is -2.18. The van der Waals surface area contributed by atoms with E-state index in [9.17, 15) is 4.79 Å². The van der Waals surface area contributed by atoms with Crippen LogP contribution in [-0.4, -0.2) is 6.29 Å². The van der Waals surface area contributed by atoms with Crippen LogP contribution in [0, 0.1) is 6.92 Å². The highest BCUT2D eigenvalue weighted by Crippen LogP contribution is 2.20. The number of hydrogen-bond acceptors (Lipinski definition) is 1. The van der Waals surface area contributed by atoms with E-state index < -0.39 is 0 Å². The first-order valence-corrected chi connectivity index (χ1v) is 5.10. The van der Waals surface area contributed by atoms with Crippen LogP contribution in [0.25, 0.3) is 0 Å². The van der Waals surface area contributed by atoms with Crippen LogP contribution in [0.4, 0.5) is 0 Å². The highest BCUT2D eigenvalue weighted by Gasteiger charge is 2.18. The molecule has 0 saturated carbocycles. The fraction of sp³-hybridized carbons (Fsp3) is 0.462. The van der Waals surface area contributed by atoms with E-state index in [2.05, 4.69) is 0 Å². The molecular weight excluding hydrogens is 172 g/mol. The average Bonchev–Trinajstić information content (AvgIpc) is 2.21. The van der Waals surface area contributed by atoms with Gasteiger partial charge in [0, 0.05) is 5.41 Å². The van der Waals surface area contributed by atoms with Crippen molar-refractivity contribution in [3.8, 4) is 0 Å². The fourth-order valence-corrected chi connectivity index (χ4v) is 1.05. The van der Waals surface area contributed by atoms with Gasteiger partial charge in [0.1, 0.15) is 6.29 Å². The van der Waals surface area contributed by atoms with Gasteiger partial charge < -0.3 is 4.79 Å². The van der Waals surface area contributed by atoms with Crippen molar-refractivity contribution in [1.29, 1.82) is 0 Å². The molecule has 1 nitrogen and oxygen atoms in total. The van der Waals surface area contributed by atoms with E-state index in [1.165, 1.54) is 5.56 Å². The molecule has 0 radical (unpaired) electrons. The zero-order valence-corrected chi connectivity index (χ0v) is 9.79. The topological polar surface area (TPSA) is 17.1 Å². The Morgan fingerprint density at radius 1 is 1.07 bits per heavy atom. The molecule has 14 heavy (non-hydrogen) atoms. The third-order valence-corrected chi connectivity index (χ3v) is 2.09. The van der Waals surface area contributed by atoms with Crippen molar-refractivity contribution < 1.29 is 4.79 Å². The van der Waals surface area contributed by atoms with Gasteiger partial charge in [-0.25, -0.2) is 0 Å². The summed E-state index contributed by atoms with van der Waals surface area (Å²) >= 11 is 0. The number of aryl methyl sites for hydroxylation is 1. The Hall–Kier alpha value is -1.11. The molecule has 1 aromatic rings. The van der Waals surface area contributed by atoms with Crippen LogP contribution in [-0.2, 0) is 10.2 Å². The number of hydrogen-bond donors (Lipinski definition) is 0. The molecule has 0 aliphatic carbocycles. The summed E-state index contributed by atoms with van der Waals surface area (Å²) in [4.78, 5) is 10.7. The second-order valence-electron chi connectivity index (χ2n) is 3.71. The highest BCUT2D eigenvalue weighted by atomic mass is 16.1. The lowest BCUT2D eigenvalue weighted by Gasteiger charge is -2.16. The minimum absolute atomic E-state index is 0.353. The maximum atomic E-state index is 10.7. The third-order valence-electron chi connectivity index (χ3n) is 2.09. The first-order valence-electron chi connectivity index (χ1n) is 5.10. The molecular formula is C13H20O. The van der Waals surface area contributed by atoms with Crippen molar-refractivity contribution in [3.63, 3.8) is 0 Å². The summed E-state index contributed by atoms with van der Waals surface area (Å²) in [5.41, 5.74) is 1.94. The minimum Gasteiger partial charge on any atom is -0.302 e. The van der Waals surface area contributed by atoms with Crippen LogP contribution in [0.3, 0.4) is 0 Å². The van der Waals surface area contributed by atoms with E-state index in [4.69, 9.17) is 0 Å². The number of aldehydes is 1. The molecule has 0 saturated heterocycles. The van der Waals surface area contributed by atoms with E-state index >= 15 is 0 Å². The summed E-state index contributed by atoms with van der Waals surface area (Å²) in [7, 11) is 0. The van der Waals surface area contributed by atoms with Gasteiger partial charge in [0.2, 0.25) is 0 Å². The van der Waals surface area contributed by atoms with Crippen molar-refractivity contribution in [2.24, 2.45) is 0 Å². The predicted octanol–water partition coefficient (Wildman–Crippen LogP) is 3.50. The monoisotopic (exact) mass is 192 g/mol. The molecule has 78 valence electrons. The maximum absolute atomic E-state index is 10.7. The average molecular weight is 192 g/mol. The van der Waals surface area contributed by atoms with Crippen LogP contribution < -0.4 is 0 Å². The van der Waals surface area contributed by atoms with Crippen molar-refractivity contribution in [3.05, 3.63) is 35.4 Å². The Morgan fingerprint density at radius 3 is 1.86 bits per heavy atom. The standard InChI is InChI=1S/C11H14O.C2H6/c1-9-4-6-10(7-5-9)11(2,3)8-12;1-2/h4-8H,1-3H3;1-2H3. The van der Waals surface area contributed by atoms with E-state index in [-0.39, 0.29) is 5.41 Å². The maximum Gasteiger partial charge on any atom is 0.129 e. The molecule has 0 fully saturated rings. The number of benzene rings is 1. The van der Waals surface area contributed by atoms with E-state index in [0.29, 0.717) is 0 Å². The molecule has 1 aromatic carbocycles. The highest BCUT2D eigenvalue weighted by molar-refractivity contribution is 5.67. The minimum atomic E-state index is -0.353. The van der Waals surface area contributed by atoms with Crippen LogP contribution >= 0.6 is 0 Å². The van der Waals surface area contributed by atoms with Crippen molar-refractivity contribution in [1.82, 2.24) is 0 Å². The van der Waals surface area contributed by atoms with E-state index in [0.717, 1.165) is 11.8 Å². The van der Waals surface area contributed by atoms with Gasteiger partial charge in [-0.3, -0.25) is 0 Å². The number of carbonyl (C=O) groups excluding carboxylic acids is 1. The molecule has 1 rings (SSSR count). The molecule has 0 aromatic heterocycles. The molecule has 0 heterocycles. The zero-order valence-electron chi connectivity index (χ0n) is 9.79.